The first-order valence-electron chi connectivity index (χ1n) is 7.88. The van der Waals surface area contributed by atoms with Gasteiger partial charge in [-0.25, -0.2) is 17.7 Å². The number of sulfonamides is 1. The van der Waals surface area contributed by atoms with Gasteiger partial charge in [0.25, 0.3) is 15.9 Å². The zero-order valence-electron chi connectivity index (χ0n) is 14.0. The van der Waals surface area contributed by atoms with Crippen LogP contribution in [-0.4, -0.2) is 50.8 Å². The third-order valence-corrected chi connectivity index (χ3v) is 6.79. The molecular weight excluding hydrogens is 364 g/mol. The Morgan fingerprint density at radius 2 is 2.08 bits per heavy atom. The molecule has 2 aromatic heterocycles. The molecule has 0 aliphatic carbocycles. The van der Waals surface area contributed by atoms with E-state index < -0.39 is 15.9 Å². The maximum Gasteiger partial charge on any atom is 0.293 e. The molecule has 1 fully saturated rings. The lowest BCUT2D eigenvalue weighted by Crippen LogP contribution is -2.26. The topological polar surface area (TPSA) is 105 Å². The van der Waals surface area contributed by atoms with Crippen LogP contribution in [0.1, 0.15) is 34.2 Å². The van der Waals surface area contributed by atoms with Crippen LogP contribution in [0.4, 0.5) is 5.13 Å². The molecule has 2 aromatic rings. The number of nitrogens with one attached hydrogen (secondary N) is 2. The molecule has 0 bridgehead atoms. The van der Waals surface area contributed by atoms with E-state index >= 15 is 0 Å². The Labute approximate surface area is 150 Å². The number of thiazole rings is 1. The van der Waals surface area contributed by atoms with Crippen molar-refractivity contribution in [1.82, 2.24) is 14.6 Å². The van der Waals surface area contributed by atoms with Crippen LogP contribution >= 0.6 is 11.3 Å². The molecule has 2 N–H and O–H groups in total. The van der Waals surface area contributed by atoms with E-state index in [1.54, 1.807) is 6.20 Å². The highest BCUT2D eigenvalue weighted by atomic mass is 32.2. The van der Waals surface area contributed by atoms with E-state index in [2.05, 4.69) is 15.6 Å². The third kappa shape index (κ3) is 3.92. The van der Waals surface area contributed by atoms with Crippen LogP contribution in [0.2, 0.25) is 0 Å². The van der Waals surface area contributed by atoms with Crippen molar-refractivity contribution in [3.63, 3.8) is 0 Å². The van der Waals surface area contributed by atoms with Crippen LogP contribution in [0.25, 0.3) is 0 Å². The molecule has 8 nitrogen and oxygen atoms in total. The zero-order chi connectivity index (χ0) is 18.0. The Morgan fingerprint density at radius 3 is 2.76 bits per heavy atom. The Balaban J connectivity index is 1.69. The number of piperidine rings is 1. The lowest BCUT2D eigenvalue weighted by molar-refractivity contribution is 0.0991. The van der Waals surface area contributed by atoms with E-state index in [0.29, 0.717) is 11.0 Å². The molecule has 0 atom stereocenters. The summed E-state index contributed by atoms with van der Waals surface area (Å²) in [6.45, 7) is 1.97. The Bertz CT molecular complexity index is 851. The van der Waals surface area contributed by atoms with E-state index in [1.165, 1.54) is 37.6 Å². The van der Waals surface area contributed by atoms with Crippen molar-refractivity contribution >= 4 is 32.4 Å². The first kappa shape index (κ1) is 18.1. The van der Waals surface area contributed by atoms with Crippen molar-refractivity contribution in [2.75, 3.05) is 32.5 Å². The molecule has 1 aliphatic rings. The predicted octanol–water partition coefficient (Wildman–Crippen LogP) is 1.71. The quantitative estimate of drug-likeness (QED) is 0.813. The second-order valence-corrected chi connectivity index (χ2v) is 9.10. The fourth-order valence-electron chi connectivity index (χ4n) is 2.56. The minimum atomic E-state index is -3.71. The second-order valence-electron chi connectivity index (χ2n) is 5.95. The van der Waals surface area contributed by atoms with Crippen molar-refractivity contribution in [3.05, 3.63) is 29.0 Å². The van der Waals surface area contributed by atoms with Gasteiger partial charge in [-0.2, -0.15) is 0 Å². The zero-order valence-corrected chi connectivity index (χ0v) is 15.6. The van der Waals surface area contributed by atoms with Gasteiger partial charge in [-0.1, -0.05) is 0 Å². The van der Waals surface area contributed by atoms with Crippen LogP contribution in [0.5, 0.6) is 0 Å². The number of carbonyl (C=O) groups excluding carboxylic acids is 1. The maximum absolute atomic E-state index is 12.3. The molecule has 10 heteroatoms. The van der Waals surface area contributed by atoms with Crippen LogP contribution in [0.15, 0.2) is 27.8 Å². The minimum absolute atomic E-state index is 0.0703. The van der Waals surface area contributed by atoms with Crippen LogP contribution in [0, 0.1) is 0 Å². The lowest BCUT2D eigenvalue weighted by atomic mass is 9.97. The highest BCUT2D eigenvalue weighted by Crippen LogP contribution is 2.31. The van der Waals surface area contributed by atoms with Gasteiger partial charge in [0, 0.05) is 25.2 Å². The summed E-state index contributed by atoms with van der Waals surface area (Å²) in [5.41, 5.74) is 0. The van der Waals surface area contributed by atoms with Gasteiger partial charge < -0.3 is 9.73 Å². The number of carbonyl (C=O) groups is 1. The number of hydrogen-bond acceptors (Lipinski definition) is 7. The van der Waals surface area contributed by atoms with Crippen molar-refractivity contribution < 1.29 is 17.6 Å². The van der Waals surface area contributed by atoms with E-state index in [1.807, 2.05) is 0 Å². The average molecular weight is 384 g/mol. The monoisotopic (exact) mass is 384 g/mol. The number of amides is 1. The summed E-state index contributed by atoms with van der Waals surface area (Å²) < 4.78 is 30.2. The van der Waals surface area contributed by atoms with Gasteiger partial charge in [-0.3, -0.25) is 10.1 Å². The van der Waals surface area contributed by atoms with E-state index in [4.69, 9.17) is 4.42 Å². The summed E-state index contributed by atoms with van der Waals surface area (Å²) in [4.78, 5) is 17.6. The fraction of sp³-hybridized carbons (Fsp3) is 0.467. The molecule has 0 spiro atoms. The predicted molar refractivity (Wildman–Crippen MR) is 94.5 cm³/mol. The molecule has 3 rings (SSSR count). The number of hydrogen-bond donors (Lipinski definition) is 2. The molecule has 1 amide bonds. The summed E-state index contributed by atoms with van der Waals surface area (Å²) in [7, 11) is -0.909. The van der Waals surface area contributed by atoms with Crippen LogP contribution in [-0.2, 0) is 10.0 Å². The van der Waals surface area contributed by atoms with Gasteiger partial charge in [0.2, 0.25) is 5.09 Å². The molecule has 0 saturated carbocycles. The molecule has 0 aromatic carbocycles. The standard InChI is InChI=1S/C15H20N4O4S2/c1-19(2)25(21,22)13-4-3-11(23-13)14(20)18-15-17-9-12(24-15)10-5-7-16-8-6-10/h3-4,9-10,16H,5-8H2,1-2H3,(H,17,18,20). The van der Waals surface area contributed by atoms with Gasteiger partial charge >= 0.3 is 0 Å². The third-order valence-electron chi connectivity index (χ3n) is 4.03. The summed E-state index contributed by atoms with van der Waals surface area (Å²) in [6.07, 6.45) is 3.90. The van der Waals surface area contributed by atoms with Crippen LogP contribution < -0.4 is 10.6 Å². The molecule has 0 unspecified atom stereocenters. The second kappa shape index (κ2) is 7.24. The Hall–Kier alpha value is -1.75. The molecular formula is C15H20N4O4S2. The first-order valence-corrected chi connectivity index (χ1v) is 10.1. The normalized spacial score (nSPS) is 16.3. The number of furan rings is 1. The Kier molecular flexibility index (Phi) is 5.23. The SMILES string of the molecule is CN(C)S(=O)(=O)c1ccc(C(=O)Nc2ncc(C3CCNCC3)s2)o1. The van der Waals surface area contributed by atoms with E-state index in [-0.39, 0.29) is 10.9 Å². The number of rotatable bonds is 5. The van der Waals surface area contributed by atoms with Gasteiger partial charge in [-0.15, -0.1) is 11.3 Å². The summed E-state index contributed by atoms with van der Waals surface area (Å²) in [5, 5.41) is 6.19. The van der Waals surface area contributed by atoms with Crippen LogP contribution in [0.3, 0.4) is 0 Å². The number of nitrogens with zero attached hydrogens (tertiary/aromatic N) is 2. The van der Waals surface area contributed by atoms with Gasteiger partial charge in [0.1, 0.15) is 0 Å². The average Bonchev–Trinajstić information content (AvgIpc) is 3.25. The van der Waals surface area contributed by atoms with Gasteiger partial charge in [-0.05, 0) is 44.0 Å². The molecule has 25 heavy (non-hydrogen) atoms. The van der Waals surface area contributed by atoms with Gasteiger partial charge in [0.15, 0.2) is 10.9 Å². The molecule has 1 aliphatic heterocycles. The first-order chi connectivity index (χ1) is 11.9. The smallest absolute Gasteiger partial charge is 0.293 e. The molecule has 1 saturated heterocycles. The lowest BCUT2D eigenvalue weighted by Gasteiger charge is -2.20. The fourth-order valence-corrected chi connectivity index (χ4v) is 4.33. The number of anilines is 1. The van der Waals surface area contributed by atoms with Crippen molar-refractivity contribution in [2.24, 2.45) is 0 Å². The minimum Gasteiger partial charge on any atom is -0.438 e. The summed E-state index contributed by atoms with van der Waals surface area (Å²) in [5.74, 6) is -0.129. The van der Waals surface area contributed by atoms with E-state index in [9.17, 15) is 13.2 Å². The molecule has 0 radical (unpaired) electrons. The number of aromatic nitrogens is 1. The highest BCUT2D eigenvalue weighted by molar-refractivity contribution is 7.88. The van der Waals surface area contributed by atoms with Crippen molar-refractivity contribution in [1.29, 1.82) is 0 Å². The molecule has 3 heterocycles. The van der Waals surface area contributed by atoms with Crippen molar-refractivity contribution in [3.8, 4) is 0 Å². The van der Waals surface area contributed by atoms with Gasteiger partial charge in [0.05, 0.1) is 0 Å². The molecule has 136 valence electrons. The Morgan fingerprint density at radius 1 is 1.36 bits per heavy atom. The van der Waals surface area contributed by atoms with Crippen molar-refractivity contribution in [2.45, 2.75) is 23.9 Å². The summed E-state index contributed by atoms with van der Waals surface area (Å²) in [6, 6.07) is 2.61. The highest BCUT2D eigenvalue weighted by Gasteiger charge is 2.24. The summed E-state index contributed by atoms with van der Waals surface area (Å²) >= 11 is 1.44. The van der Waals surface area contributed by atoms with E-state index in [0.717, 1.165) is 35.1 Å². The maximum atomic E-state index is 12.3. The largest absolute Gasteiger partial charge is 0.438 e.